The molecule has 0 saturated carbocycles. The van der Waals surface area contributed by atoms with Crippen LogP contribution in [0, 0.1) is 11.7 Å². The van der Waals surface area contributed by atoms with Gasteiger partial charge in [0.15, 0.2) is 0 Å². The lowest BCUT2D eigenvalue weighted by molar-refractivity contribution is 0.0936. The Balaban J connectivity index is 2.82. The van der Waals surface area contributed by atoms with Gasteiger partial charge >= 0.3 is 0 Å². The van der Waals surface area contributed by atoms with Crippen LogP contribution in [0.15, 0.2) is 12.3 Å². The van der Waals surface area contributed by atoms with Gasteiger partial charge in [0.25, 0.3) is 5.91 Å². The van der Waals surface area contributed by atoms with E-state index in [4.69, 9.17) is 0 Å². The molecule has 1 aromatic heterocycles. The van der Waals surface area contributed by atoms with Gasteiger partial charge in [-0.15, -0.1) is 0 Å². The van der Waals surface area contributed by atoms with Gasteiger partial charge in [-0.05, 0) is 31.7 Å². The monoisotopic (exact) mass is 281 g/mol. The number of nitrogens with zero attached hydrogens (tertiary/aromatic N) is 1. The minimum absolute atomic E-state index is 0.0461. The molecule has 0 radical (unpaired) electrons. The summed E-state index contributed by atoms with van der Waals surface area (Å²) in [6.07, 6.45) is 2.91. The van der Waals surface area contributed by atoms with Gasteiger partial charge in [-0.25, -0.2) is 9.37 Å². The van der Waals surface area contributed by atoms with E-state index < -0.39 is 5.82 Å². The van der Waals surface area contributed by atoms with E-state index in [2.05, 4.69) is 29.5 Å². The molecule has 2 N–H and O–H groups in total. The molecule has 0 aliphatic rings. The van der Waals surface area contributed by atoms with Gasteiger partial charge in [0.05, 0.1) is 11.8 Å². The van der Waals surface area contributed by atoms with Crippen LogP contribution in [0.2, 0.25) is 0 Å². The maximum absolute atomic E-state index is 13.3. The first kappa shape index (κ1) is 16.4. The third-order valence-corrected chi connectivity index (χ3v) is 2.84. The van der Waals surface area contributed by atoms with E-state index in [0.29, 0.717) is 18.3 Å². The van der Waals surface area contributed by atoms with Crippen molar-refractivity contribution in [2.45, 2.75) is 46.6 Å². The SMILES string of the molecule is CCCNc1ncc(F)cc1C(=O)NC(C)CC(C)C. The zero-order valence-electron chi connectivity index (χ0n) is 12.7. The van der Waals surface area contributed by atoms with Crippen molar-refractivity contribution in [1.29, 1.82) is 0 Å². The maximum Gasteiger partial charge on any atom is 0.255 e. The Bertz CT molecular complexity index is 449. The van der Waals surface area contributed by atoms with Crippen molar-refractivity contribution in [3.8, 4) is 0 Å². The molecule has 0 aromatic carbocycles. The third kappa shape index (κ3) is 5.15. The summed E-state index contributed by atoms with van der Waals surface area (Å²) in [5, 5.41) is 5.93. The van der Waals surface area contributed by atoms with Crippen molar-refractivity contribution in [1.82, 2.24) is 10.3 Å². The molecule has 1 aromatic rings. The van der Waals surface area contributed by atoms with Crippen molar-refractivity contribution in [2.75, 3.05) is 11.9 Å². The standard InChI is InChI=1S/C15H24FN3O/c1-5-6-17-14-13(8-12(16)9-18-14)15(20)19-11(4)7-10(2)3/h8-11H,5-7H2,1-4H3,(H,17,18)(H,19,20). The Kier molecular flexibility index (Phi) is 6.42. The highest BCUT2D eigenvalue weighted by Crippen LogP contribution is 2.14. The van der Waals surface area contributed by atoms with E-state index in [1.54, 1.807) is 0 Å². The van der Waals surface area contributed by atoms with Crippen molar-refractivity contribution in [3.63, 3.8) is 0 Å². The number of aromatic nitrogens is 1. The predicted molar refractivity (Wildman–Crippen MR) is 79.4 cm³/mol. The van der Waals surface area contributed by atoms with E-state index in [9.17, 15) is 9.18 Å². The second-order valence-electron chi connectivity index (χ2n) is 5.48. The Morgan fingerprint density at radius 3 is 2.70 bits per heavy atom. The molecule has 112 valence electrons. The first-order valence-corrected chi connectivity index (χ1v) is 7.14. The van der Waals surface area contributed by atoms with Crippen molar-refractivity contribution >= 4 is 11.7 Å². The molecule has 0 aliphatic carbocycles. The number of carbonyl (C=O) groups is 1. The fraction of sp³-hybridized carbons (Fsp3) is 0.600. The molecular weight excluding hydrogens is 257 g/mol. The van der Waals surface area contributed by atoms with E-state index in [-0.39, 0.29) is 17.5 Å². The van der Waals surface area contributed by atoms with Crippen LogP contribution < -0.4 is 10.6 Å². The van der Waals surface area contributed by atoms with E-state index >= 15 is 0 Å². The molecular formula is C15H24FN3O. The minimum atomic E-state index is -0.506. The molecule has 1 atom stereocenters. The van der Waals surface area contributed by atoms with Gasteiger partial charge in [0.2, 0.25) is 0 Å². The number of carbonyl (C=O) groups excluding carboxylic acids is 1. The summed E-state index contributed by atoms with van der Waals surface area (Å²) in [5.74, 6) is 0.133. The summed E-state index contributed by atoms with van der Waals surface area (Å²) in [5.41, 5.74) is 0.258. The zero-order valence-corrected chi connectivity index (χ0v) is 12.7. The first-order valence-electron chi connectivity index (χ1n) is 7.14. The number of anilines is 1. The third-order valence-electron chi connectivity index (χ3n) is 2.84. The molecule has 0 fully saturated rings. The smallest absolute Gasteiger partial charge is 0.255 e. The van der Waals surface area contributed by atoms with E-state index in [0.717, 1.165) is 19.0 Å². The van der Waals surface area contributed by atoms with Crippen LogP contribution in [-0.2, 0) is 0 Å². The molecule has 0 aliphatic heterocycles. The molecule has 1 unspecified atom stereocenters. The lowest BCUT2D eigenvalue weighted by Crippen LogP contribution is -2.34. The van der Waals surface area contributed by atoms with Gasteiger partial charge in [0, 0.05) is 12.6 Å². The Morgan fingerprint density at radius 2 is 2.10 bits per heavy atom. The summed E-state index contributed by atoms with van der Waals surface area (Å²) in [4.78, 5) is 16.2. The fourth-order valence-corrected chi connectivity index (χ4v) is 2.06. The lowest BCUT2D eigenvalue weighted by atomic mass is 10.0. The first-order chi connectivity index (χ1) is 9.43. The highest BCUT2D eigenvalue weighted by atomic mass is 19.1. The van der Waals surface area contributed by atoms with Gasteiger partial charge in [0.1, 0.15) is 11.6 Å². The van der Waals surface area contributed by atoms with Crippen LogP contribution in [0.3, 0.4) is 0 Å². The summed E-state index contributed by atoms with van der Waals surface area (Å²) in [7, 11) is 0. The number of halogens is 1. The van der Waals surface area contributed by atoms with Crippen LogP contribution in [0.5, 0.6) is 0 Å². The summed E-state index contributed by atoms with van der Waals surface area (Å²) < 4.78 is 13.3. The molecule has 0 spiro atoms. The van der Waals surface area contributed by atoms with Gasteiger partial charge in [-0.3, -0.25) is 4.79 Å². The average Bonchev–Trinajstić information content (AvgIpc) is 2.36. The Labute approximate surface area is 120 Å². The average molecular weight is 281 g/mol. The number of hydrogen-bond acceptors (Lipinski definition) is 3. The molecule has 5 heteroatoms. The van der Waals surface area contributed by atoms with Crippen LogP contribution in [-0.4, -0.2) is 23.5 Å². The molecule has 20 heavy (non-hydrogen) atoms. The Hall–Kier alpha value is -1.65. The van der Waals surface area contributed by atoms with Gasteiger partial charge in [-0.1, -0.05) is 20.8 Å². The second kappa shape index (κ2) is 7.82. The topological polar surface area (TPSA) is 54.0 Å². The molecule has 1 amide bonds. The van der Waals surface area contributed by atoms with Crippen molar-refractivity contribution in [3.05, 3.63) is 23.6 Å². The molecule has 0 saturated heterocycles. The number of pyridine rings is 1. The highest BCUT2D eigenvalue weighted by Gasteiger charge is 2.16. The highest BCUT2D eigenvalue weighted by molar-refractivity contribution is 5.98. The summed E-state index contributed by atoms with van der Waals surface area (Å²) in [6, 6.07) is 1.27. The molecule has 1 heterocycles. The number of hydrogen-bond donors (Lipinski definition) is 2. The van der Waals surface area contributed by atoms with E-state index in [1.165, 1.54) is 6.07 Å². The quantitative estimate of drug-likeness (QED) is 0.807. The molecule has 0 bridgehead atoms. The van der Waals surface area contributed by atoms with Crippen molar-refractivity contribution in [2.24, 2.45) is 5.92 Å². The predicted octanol–water partition coefficient (Wildman–Crippen LogP) is 3.21. The van der Waals surface area contributed by atoms with Gasteiger partial charge in [-0.2, -0.15) is 0 Å². The summed E-state index contributed by atoms with van der Waals surface area (Å²) in [6.45, 7) is 8.85. The molecule has 1 rings (SSSR count). The zero-order chi connectivity index (χ0) is 15.1. The molecule has 4 nitrogen and oxygen atoms in total. The maximum atomic E-state index is 13.3. The number of rotatable bonds is 7. The number of nitrogens with one attached hydrogen (secondary N) is 2. The van der Waals surface area contributed by atoms with Crippen LogP contribution in [0.1, 0.15) is 50.9 Å². The largest absolute Gasteiger partial charge is 0.369 e. The number of amides is 1. The van der Waals surface area contributed by atoms with E-state index in [1.807, 2.05) is 13.8 Å². The van der Waals surface area contributed by atoms with Crippen molar-refractivity contribution < 1.29 is 9.18 Å². The van der Waals surface area contributed by atoms with Crippen LogP contribution in [0.25, 0.3) is 0 Å². The Morgan fingerprint density at radius 1 is 1.40 bits per heavy atom. The van der Waals surface area contributed by atoms with Gasteiger partial charge < -0.3 is 10.6 Å². The van der Waals surface area contributed by atoms with Crippen LogP contribution in [0.4, 0.5) is 10.2 Å². The minimum Gasteiger partial charge on any atom is -0.369 e. The summed E-state index contributed by atoms with van der Waals surface area (Å²) >= 11 is 0. The normalized spacial score (nSPS) is 12.3. The lowest BCUT2D eigenvalue weighted by Gasteiger charge is -2.17. The second-order valence-corrected chi connectivity index (χ2v) is 5.48. The fourth-order valence-electron chi connectivity index (χ4n) is 2.06. The van der Waals surface area contributed by atoms with Crippen LogP contribution >= 0.6 is 0 Å².